The third-order valence-corrected chi connectivity index (χ3v) is 7.78. The first-order valence-electron chi connectivity index (χ1n) is 10.5. The van der Waals surface area contributed by atoms with Crippen molar-refractivity contribution in [3.05, 3.63) is 57.6 Å². The van der Waals surface area contributed by atoms with Gasteiger partial charge in [-0.1, -0.05) is 23.7 Å². The number of primary amides is 1. The van der Waals surface area contributed by atoms with Crippen molar-refractivity contribution in [1.29, 1.82) is 0 Å². The van der Waals surface area contributed by atoms with Gasteiger partial charge in [-0.25, -0.2) is 4.98 Å². The Balaban J connectivity index is 1.73. The van der Waals surface area contributed by atoms with Crippen molar-refractivity contribution < 1.29 is 19.7 Å². The highest BCUT2D eigenvalue weighted by molar-refractivity contribution is 7.19. The summed E-state index contributed by atoms with van der Waals surface area (Å²) in [5, 5.41) is 21.7. The minimum atomic E-state index is -0.279. The summed E-state index contributed by atoms with van der Waals surface area (Å²) < 4.78 is 6.65. The van der Waals surface area contributed by atoms with Crippen molar-refractivity contribution in [2.45, 2.75) is 25.8 Å². The number of methoxy groups -OCH3 is 1. The summed E-state index contributed by atoms with van der Waals surface area (Å²) in [6, 6.07) is 10.5. The Morgan fingerprint density at radius 3 is 2.58 bits per heavy atom. The van der Waals surface area contributed by atoms with Crippen molar-refractivity contribution in [1.82, 2.24) is 9.55 Å². The Morgan fingerprint density at radius 2 is 1.94 bits per heavy atom. The first kappa shape index (κ1) is 21.6. The molecule has 0 spiro atoms. The summed E-state index contributed by atoms with van der Waals surface area (Å²) in [4.78, 5) is 18.5. The molecule has 9 heteroatoms. The summed E-state index contributed by atoms with van der Waals surface area (Å²) >= 11 is 8.50. The first-order valence-corrected chi connectivity index (χ1v) is 11.7. The van der Waals surface area contributed by atoms with Gasteiger partial charge >= 0.3 is 0 Å². The molecule has 0 radical (unpaired) electrons. The van der Waals surface area contributed by atoms with Gasteiger partial charge in [0.05, 0.1) is 24.4 Å². The molecule has 0 bridgehead atoms. The lowest BCUT2D eigenvalue weighted by Crippen LogP contribution is -2.27. The maximum atomic E-state index is 11.8. The molecular weight excluding hydrogens is 462 g/mol. The second kappa shape index (κ2) is 8.28. The number of hydrogen-bond donors (Lipinski definition) is 3. The number of thiophene rings is 1. The predicted octanol–water partition coefficient (Wildman–Crippen LogP) is 4.48. The summed E-state index contributed by atoms with van der Waals surface area (Å²) in [5.41, 5.74) is 9.03. The molecule has 4 N–H and O–H groups in total. The van der Waals surface area contributed by atoms with Gasteiger partial charge in [0.2, 0.25) is 5.91 Å². The van der Waals surface area contributed by atoms with E-state index in [2.05, 4.69) is 0 Å². The third-order valence-electron chi connectivity index (χ3n) is 6.23. The van der Waals surface area contributed by atoms with Gasteiger partial charge in [0.15, 0.2) is 11.8 Å². The van der Waals surface area contributed by atoms with E-state index in [1.54, 1.807) is 18.4 Å². The Labute approximate surface area is 199 Å². The summed E-state index contributed by atoms with van der Waals surface area (Å²) in [6.45, 7) is 0.106. The maximum absolute atomic E-state index is 11.8. The highest BCUT2D eigenvalue weighted by Gasteiger charge is 2.29. The van der Waals surface area contributed by atoms with Gasteiger partial charge in [-0.3, -0.25) is 9.36 Å². The maximum Gasteiger partial charge on any atom is 0.220 e. The molecule has 0 saturated heterocycles. The topological polar surface area (TPSA) is 111 Å². The monoisotopic (exact) mass is 483 g/mol. The van der Waals surface area contributed by atoms with Crippen molar-refractivity contribution in [3.8, 4) is 28.6 Å². The SMILES string of the molecule is COc1ccc(-c2c(Cl)c(Cn3c(O)ccc3O)nc3sc4c(c23)CCC(C(N)=O)C4)cc1. The van der Waals surface area contributed by atoms with E-state index < -0.39 is 0 Å². The number of nitrogens with two attached hydrogens (primary N) is 1. The molecule has 1 aliphatic carbocycles. The third kappa shape index (κ3) is 3.69. The van der Waals surface area contributed by atoms with Gasteiger partial charge < -0.3 is 20.7 Å². The number of nitrogens with zero attached hydrogens (tertiary/aromatic N) is 2. The fraction of sp³-hybridized carbons (Fsp3) is 0.250. The molecule has 1 aliphatic rings. The van der Waals surface area contributed by atoms with Crippen molar-refractivity contribution in [3.63, 3.8) is 0 Å². The molecule has 3 heterocycles. The molecule has 0 fully saturated rings. The molecule has 33 heavy (non-hydrogen) atoms. The average Bonchev–Trinajstić information content (AvgIpc) is 3.33. The van der Waals surface area contributed by atoms with E-state index in [1.807, 2.05) is 24.3 Å². The van der Waals surface area contributed by atoms with E-state index in [0.29, 0.717) is 23.6 Å². The molecule has 4 aromatic rings. The number of hydrogen-bond acceptors (Lipinski definition) is 6. The van der Waals surface area contributed by atoms with Crippen LogP contribution in [0.2, 0.25) is 5.02 Å². The fourth-order valence-electron chi connectivity index (χ4n) is 4.47. The van der Waals surface area contributed by atoms with E-state index in [4.69, 9.17) is 27.1 Å². The minimum Gasteiger partial charge on any atom is -0.497 e. The Kier molecular flexibility index (Phi) is 5.42. The van der Waals surface area contributed by atoms with Crippen LogP contribution in [0.25, 0.3) is 21.3 Å². The lowest BCUT2D eigenvalue weighted by Gasteiger charge is -2.20. The van der Waals surface area contributed by atoms with E-state index in [9.17, 15) is 15.0 Å². The average molecular weight is 484 g/mol. The van der Waals surface area contributed by atoms with E-state index >= 15 is 0 Å². The normalized spacial score (nSPS) is 15.5. The fourth-order valence-corrected chi connectivity index (χ4v) is 6.10. The minimum absolute atomic E-state index is 0.0776. The van der Waals surface area contributed by atoms with Crippen molar-refractivity contribution in [2.24, 2.45) is 11.7 Å². The second-order valence-corrected chi connectivity index (χ2v) is 9.60. The zero-order valence-electron chi connectivity index (χ0n) is 17.8. The molecular formula is C24H22ClN3O4S. The molecule has 1 unspecified atom stereocenters. The molecule has 3 aromatic heterocycles. The van der Waals surface area contributed by atoms with Crippen molar-refractivity contribution >= 4 is 39.1 Å². The summed E-state index contributed by atoms with van der Waals surface area (Å²) in [6.07, 6.45) is 2.02. The van der Waals surface area contributed by atoms with Gasteiger partial charge in [-0.2, -0.15) is 0 Å². The molecule has 5 rings (SSSR count). The smallest absolute Gasteiger partial charge is 0.220 e. The number of carbonyl (C=O) groups is 1. The first-order chi connectivity index (χ1) is 15.9. The number of halogens is 1. The lowest BCUT2D eigenvalue weighted by molar-refractivity contribution is -0.122. The number of fused-ring (bicyclic) bond motifs is 3. The number of pyridine rings is 1. The van der Waals surface area contributed by atoms with Gasteiger partial charge in [0.25, 0.3) is 0 Å². The molecule has 0 saturated carbocycles. The van der Waals surface area contributed by atoms with Crippen LogP contribution in [0.4, 0.5) is 0 Å². The number of aromatic nitrogens is 2. The number of benzene rings is 1. The zero-order chi connectivity index (χ0) is 23.3. The van der Waals surface area contributed by atoms with Crippen LogP contribution >= 0.6 is 22.9 Å². The van der Waals surface area contributed by atoms with Gasteiger partial charge in [0.1, 0.15) is 10.6 Å². The van der Waals surface area contributed by atoms with Crippen molar-refractivity contribution in [2.75, 3.05) is 7.11 Å². The number of amides is 1. The number of ether oxygens (including phenoxy) is 1. The van der Waals surface area contributed by atoms with Crippen LogP contribution in [-0.2, 0) is 24.2 Å². The van der Waals surface area contributed by atoms with Gasteiger partial charge in [-0.15, -0.1) is 11.3 Å². The van der Waals surface area contributed by atoms with Crippen LogP contribution in [0.3, 0.4) is 0 Å². The highest BCUT2D eigenvalue weighted by Crippen LogP contribution is 2.46. The van der Waals surface area contributed by atoms with Crippen LogP contribution in [0.15, 0.2) is 36.4 Å². The van der Waals surface area contributed by atoms with E-state index in [-0.39, 0.29) is 30.1 Å². The standard InChI is InChI=1S/C24H22ClN3O4S/c1-32-14-5-2-12(3-6-14)20-21-15-7-4-13(23(26)31)10-17(15)33-24(21)27-16(22(20)25)11-28-18(29)8-9-19(28)30/h2-3,5-6,8-9,13,29-30H,4,7,10-11H2,1H3,(H2,26,31). The molecule has 1 atom stereocenters. The molecule has 1 aromatic carbocycles. The molecule has 1 amide bonds. The number of aryl methyl sites for hydroxylation is 1. The number of rotatable bonds is 5. The molecule has 7 nitrogen and oxygen atoms in total. The Morgan fingerprint density at radius 1 is 1.24 bits per heavy atom. The van der Waals surface area contributed by atoms with Crippen LogP contribution in [0.5, 0.6) is 17.5 Å². The van der Waals surface area contributed by atoms with Crippen LogP contribution in [0, 0.1) is 5.92 Å². The highest BCUT2D eigenvalue weighted by atomic mass is 35.5. The molecule has 170 valence electrons. The summed E-state index contributed by atoms with van der Waals surface area (Å²) in [7, 11) is 1.62. The summed E-state index contributed by atoms with van der Waals surface area (Å²) in [5.74, 6) is 0.120. The zero-order valence-corrected chi connectivity index (χ0v) is 19.4. The Bertz CT molecular complexity index is 1360. The largest absolute Gasteiger partial charge is 0.497 e. The van der Waals surface area contributed by atoms with Crippen LogP contribution in [-0.4, -0.2) is 32.8 Å². The van der Waals surface area contributed by atoms with Gasteiger partial charge in [0, 0.05) is 33.9 Å². The number of carbonyl (C=O) groups excluding carboxylic acids is 1. The van der Waals surface area contributed by atoms with Crippen LogP contribution in [0.1, 0.15) is 22.6 Å². The number of aromatic hydroxyl groups is 2. The second-order valence-electron chi connectivity index (χ2n) is 8.14. The predicted molar refractivity (Wildman–Crippen MR) is 128 cm³/mol. The quantitative estimate of drug-likeness (QED) is 0.387. The van der Waals surface area contributed by atoms with E-state index in [0.717, 1.165) is 44.0 Å². The van der Waals surface area contributed by atoms with Gasteiger partial charge in [-0.05, 0) is 42.5 Å². The Hall–Kier alpha value is -3.23. The lowest BCUT2D eigenvalue weighted by atomic mass is 9.86. The molecule has 0 aliphatic heterocycles. The van der Waals surface area contributed by atoms with Crippen LogP contribution < -0.4 is 10.5 Å². The van der Waals surface area contributed by atoms with E-state index in [1.165, 1.54) is 16.7 Å².